The van der Waals surface area contributed by atoms with Crippen molar-refractivity contribution in [1.29, 1.82) is 0 Å². The zero-order chi connectivity index (χ0) is 38.4. The van der Waals surface area contributed by atoms with Gasteiger partial charge in [0.15, 0.2) is 12.6 Å². The van der Waals surface area contributed by atoms with E-state index in [-0.39, 0.29) is 29.2 Å². The van der Waals surface area contributed by atoms with Gasteiger partial charge in [0.2, 0.25) is 0 Å². The number of rotatable bonds is 18. The Morgan fingerprint density at radius 3 is 1.58 bits per heavy atom. The van der Waals surface area contributed by atoms with Gasteiger partial charge in [-0.25, -0.2) is 0 Å². The Kier molecular flexibility index (Phi) is 17.4. The van der Waals surface area contributed by atoms with Crippen LogP contribution in [0.4, 0.5) is 0 Å². The predicted octanol–water partition coefficient (Wildman–Crippen LogP) is 9.14. The first-order valence-corrected chi connectivity index (χ1v) is 19.4. The van der Waals surface area contributed by atoms with Crippen LogP contribution in [0, 0.1) is 35.5 Å². The van der Waals surface area contributed by atoms with Gasteiger partial charge < -0.3 is 33.5 Å². The molecule has 2 aliphatic heterocycles. The summed E-state index contributed by atoms with van der Waals surface area (Å²) in [7, 11) is 0. The van der Waals surface area contributed by atoms with Crippen LogP contribution >= 0.6 is 0 Å². The highest BCUT2D eigenvalue weighted by atomic mass is 16.7. The molecule has 2 saturated heterocycles. The lowest BCUT2D eigenvalue weighted by Crippen LogP contribution is -2.47. The average molecular weight is 727 g/mol. The molecular formula is C44H70O8. The third-order valence-electron chi connectivity index (χ3n) is 9.90. The van der Waals surface area contributed by atoms with Crippen LogP contribution in [-0.4, -0.2) is 69.2 Å². The lowest BCUT2D eigenvalue weighted by atomic mass is 9.73. The molecule has 0 bridgehead atoms. The molecule has 0 aromatic heterocycles. The quantitative estimate of drug-likeness (QED) is 0.163. The molecule has 2 aliphatic rings. The Balaban J connectivity index is 0.000000280. The number of ether oxygens (including phenoxy) is 6. The smallest absolute Gasteiger partial charge is 0.157 e. The molecule has 2 fully saturated rings. The first-order chi connectivity index (χ1) is 24.4. The third-order valence-corrected chi connectivity index (χ3v) is 9.90. The SMILES string of the molecule is Cc1cccc(COCC(C)(C)C(=O)C(C)(C)COC2CCCCO2)c1.Cc1cccc(COCC(C)(C)C(O)C(C)(C)COC2CCCCO2)c1. The topological polar surface area (TPSA) is 92.7 Å². The highest BCUT2D eigenvalue weighted by Crippen LogP contribution is 2.36. The molecule has 0 amide bonds. The van der Waals surface area contributed by atoms with Crippen molar-refractivity contribution < 1.29 is 38.3 Å². The van der Waals surface area contributed by atoms with Crippen molar-refractivity contribution in [3.8, 4) is 0 Å². The van der Waals surface area contributed by atoms with E-state index in [2.05, 4.69) is 44.2 Å². The molecule has 0 spiro atoms. The monoisotopic (exact) mass is 727 g/mol. The highest BCUT2D eigenvalue weighted by Gasteiger charge is 2.41. The molecule has 0 saturated carbocycles. The van der Waals surface area contributed by atoms with Gasteiger partial charge in [-0.15, -0.1) is 0 Å². The number of benzene rings is 2. The van der Waals surface area contributed by atoms with E-state index in [1.165, 1.54) is 11.1 Å². The maximum Gasteiger partial charge on any atom is 0.157 e. The van der Waals surface area contributed by atoms with E-state index >= 15 is 0 Å². The number of Topliss-reactive ketones (excluding diaryl/α,β-unsaturated/α-hetero) is 1. The van der Waals surface area contributed by atoms with Gasteiger partial charge in [-0.05, 0) is 63.5 Å². The van der Waals surface area contributed by atoms with Crippen molar-refractivity contribution in [3.05, 3.63) is 70.8 Å². The number of carbonyl (C=O) groups excluding carboxylic acids is 1. The molecule has 4 rings (SSSR count). The Morgan fingerprint density at radius 1 is 0.673 bits per heavy atom. The summed E-state index contributed by atoms with van der Waals surface area (Å²) in [6, 6.07) is 16.6. The van der Waals surface area contributed by atoms with Crippen LogP contribution in [0.3, 0.4) is 0 Å². The Bertz CT molecular complexity index is 1340. The van der Waals surface area contributed by atoms with Gasteiger partial charge in [0.1, 0.15) is 5.78 Å². The van der Waals surface area contributed by atoms with E-state index in [1.807, 2.05) is 73.6 Å². The number of aliphatic hydroxyl groups is 1. The first-order valence-electron chi connectivity index (χ1n) is 19.4. The van der Waals surface area contributed by atoms with E-state index in [1.54, 1.807) is 0 Å². The summed E-state index contributed by atoms with van der Waals surface area (Å²) in [5, 5.41) is 11.0. The number of aryl methyl sites for hydroxylation is 2. The van der Waals surface area contributed by atoms with Crippen LogP contribution in [0.5, 0.6) is 0 Å². The summed E-state index contributed by atoms with van der Waals surface area (Å²) in [6.45, 7) is 24.4. The van der Waals surface area contributed by atoms with Crippen molar-refractivity contribution in [3.63, 3.8) is 0 Å². The minimum absolute atomic E-state index is 0.129. The second kappa shape index (κ2) is 20.5. The fraction of sp³-hybridized carbons (Fsp3) is 0.705. The van der Waals surface area contributed by atoms with Crippen LogP contribution < -0.4 is 0 Å². The number of aliphatic hydroxyl groups excluding tert-OH is 1. The van der Waals surface area contributed by atoms with Crippen molar-refractivity contribution in [2.24, 2.45) is 21.7 Å². The van der Waals surface area contributed by atoms with Gasteiger partial charge >= 0.3 is 0 Å². The maximum absolute atomic E-state index is 13.1. The Morgan fingerprint density at radius 2 is 1.12 bits per heavy atom. The van der Waals surface area contributed by atoms with Crippen LogP contribution in [0.2, 0.25) is 0 Å². The second-order valence-corrected chi connectivity index (χ2v) is 17.7. The fourth-order valence-electron chi connectivity index (χ4n) is 7.02. The third kappa shape index (κ3) is 14.9. The van der Waals surface area contributed by atoms with Crippen molar-refractivity contribution in [2.75, 3.05) is 39.6 Å². The van der Waals surface area contributed by atoms with Gasteiger partial charge in [0.25, 0.3) is 0 Å². The maximum atomic E-state index is 13.1. The molecule has 8 nitrogen and oxygen atoms in total. The summed E-state index contributed by atoms with van der Waals surface area (Å²) in [4.78, 5) is 13.1. The molecule has 0 aliphatic carbocycles. The molecular weight excluding hydrogens is 656 g/mol. The van der Waals surface area contributed by atoms with Gasteiger partial charge in [0.05, 0.1) is 45.7 Å². The van der Waals surface area contributed by atoms with Gasteiger partial charge in [-0.3, -0.25) is 4.79 Å². The molecule has 1 N–H and O–H groups in total. The van der Waals surface area contributed by atoms with Crippen LogP contribution in [0.15, 0.2) is 48.5 Å². The van der Waals surface area contributed by atoms with E-state index in [0.29, 0.717) is 39.6 Å². The Labute approximate surface area is 315 Å². The molecule has 2 heterocycles. The van der Waals surface area contributed by atoms with Gasteiger partial charge in [0, 0.05) is 34.9 Å². The molecule has 2 aromatic carbocycles. The zero-order valence-electron chi connectivity index (χ0n) is 34.1. The molecule has 294 valence electrons. The van der Waals surface area contributed by atoms with Crippen molar-refractivity contribution in [2.45, 2.75) is 140 Å². The number of carbonyl (C=O) groups is 1. The average Bonchev–Trinajstić information content (AvgIpc) is 3.10. The molecule has 52 heavy (non-hydrogen) atoms. The van der Waals surface area contributed by atoms with Crippen LogP contribution in [0.25, 0.3) is 0 Å². The second-order valence-electron chi connectivity index (χ2n) is 17.7. The van der Waals surface area contributed by atoms with Crippen LogP contribution in [-0.2, 0) is 46.4 Å². The number of hydrogen-bond donors (Lipinski definition) is 1. The molecule has 0 radical (unpaired) electrons. The fourth-order valence-corrected chi connectivity index (χ4v) is 7.02. The standard InChI is InChI=1S/C22H36O4.C22H34O4/c2*1-17-9-8-10-18(13-17)14-24-15-21(2,3)20(23)22(4,5)16-26-19-11-6-7-12-25-19/h8-10,13,19-20,23H,6-7,11-12,14-16H2,1-5H3;8-10,13,19H,6-7,11-12,14-16H2,1-5H3. The summed E-state index contributed by atoms with van der Waals surface area (Å²) in [5.41, 5.74) is 2.85. The minimum Gasteiger partial charge on any atom is -0.392 e. The minimum atomic E-state index is -0.572. The van der Waals surface area contributed by atoms with Crippen LogP contribution in [0.1, 0.15) is 116 Å². The normalized spacial score (nSPS) is 19.4. The van der Waals surface area contributed by atoms with E-state index in [9.17, 15) is 9.90 Å². The summed E-state index contributed by atoms with van der Waals surface area (Å²) in [5.74, 6) is 0.157. The summed E-state index contributed by atoms with van der Waals surface area (Å²) >= 11 is 0. The van der Waals surface area contributed by atoms with E-state index in [4.69, 9.17) is 28.4 Å². The van der Waals surface area contributed by atoms with E-state index in [0.717, 1.165) is 62.9 Å². The molecule has 3 unspecified atom stereocenters. The lowest BCUT2D eigenvalue weighted by Gasteiger charge is -2.41. The number of hydrogen-bond acceptors (Lipinski definition) is 8. The largest absolute Gasteiger partial charge is 0.392 e. The van der Waals surface area contributed by atoms with E-state index < -0.39 is 16.9 Å². The predicted molar refractivity (Wildman–Crippen MR) is 207 cm³/mol. The zero-order valence-corrected chi connectivity index (χ0v) is 34.1. The number of ketones is 1. The lowest BCUT2D eigenvalue weighted by molar-refractivity contribution is -0.194. The molecule has 3 atom stereocenters. The first kappa shape index (κ1) is 44.2. The Hall–Kier alpha value is -2.17. The highest BCUT2D eigenvalue weighted by molar-refractivity contribution is 5.89. The molecule has 8 heteroatoms. The van der Waals surface area contributed by atoms with Crippen molar-refractivity contribution >= 4 is 5.78 Å². The van der Waals surface area contributed by atoms with Crippen molar-refractivity contribution in [1.82, 2.24) is 0 Å². The van der Waals surface area contributed by atoms with Gasteiger partial charge in [-0.2, -0.15) is 0 Å². The summed E-state index contributed by atoms with van der Waals surface area (Å²) in [6.07, 6.45) is 5.47. The summed E-state index contributed by atoms with van der Waals surface area (Å²) < 4.78 is 34.8. The van der Waals surface area contributed by atoms with Gasteiger partial charge in [-0.1, -0.05) is 115 Å². The molecule has 2 aromatic rings.